The van der Waals surface area contributed by atoms with Crippen LogP contribution < -0.4 is 9.47 Å². The van der Waals surface area contributed by atoms with Gasteiger partial charge in [-0.3, -0.25) is 9.69 Å². The van der Waals surface area contributed by atoms with E-state index >= 15 is 0 Å². The first-order valence-electron chi connectivity index (χ1n) is 7.89. The lowest BCUT2D eigenvalue weighted by molar-refractivity contribution is -0.144. The third-order valence-corrected chi connectivity index (χ3v) is 3.90. The Balaban J connectivity index is 1.76. The summed E-state index contributed by atoms with van der Waals surface area (Å²) < 4.78 is 11.1. The Labute approximate surface area is 131 Å². The first-order chi connectivity index (χ1) is 10.6. The van der Waals surface area contributed by atoms with Gasteiger partial charge in [0.05, 0.1) is 12.5 Å². The molecule has 1 aromatic rings. The zero-order chi connectivity index (χ0) is 15.9. The molecule has 0 bridgehead atoms. The van der Waals surface area contributed by atoms with E-state index in [-0.39, 0.29) is 5.92 Å². The summed E-state index contributed by atoms with van der Waals surface area (Å²) in [6.07, 6.45) is 0.769. The molecule has 1 aliphatic heterocycles. The first-order valence-corrected chi connectivity index (χ1v) is 7.89. The van der Waals surface area contributed by atoms with Crippen LogP contribution in [0.4, 0.5) is 0 Å². The maximum absolute atomic E-state index is 11.2. The smallest absolute Gasteiger partial charge is 0.307 e. The highest BCUT2D eigenvalue weighted by Gasteiger charge is 2.29. The Bertz CT molecular complexity index is 474. The van der Waals surface area contributed by atoms with Crippen molar-refractivity contribution in [1.29, 1.82) is 0 Å². The van der Waals surface area contributed by atoms with Crippen LogP contribution in [0.3, 0.4) is 0 Å². The predicted molar refractivity (Wildman–Crippen MR) is 84.5 cm³/mol. The summed E-state index contributed by atoms with van der Waals surface area (Å²) >= 11 is 0. The van der Waals surface area contributed by atoms with Crippen LogP contribution in [-0.4, -0.2) is 48.8 Å². The van der Waals surface area contributed by atoms with E-state index in [2.05, 4.69) is 11.8 Å². The van der Waals surface area contributed by atoms with Crippen LogP contribution in [0.5, 0.6) is 11.5 Å². The number of likely N-dealkylation sites (tertiary alicyclic amines) is 1. The summed E-state index contributed by atoms with van der Waals surface area (Å²) in [6, 6.07) is 7.57. The van der Waals surface area contributed by atoms with Gasteiger partial charge in [0.2, 0.25) is 0 Å². The van der Waals surface area contributed by atoms with Crippen molar-refractivity contribution in [3.05, 3.63) is 24.3 Å². The average Bonchev–Trinajstić information content (AvgIpc) is 2.49. The molecule has 2 atom stereocenters. The second-order valence-corrected chi connectivity index (χ2v) is 5.89. The van der Waals surface area contributed by atoms with E-state index in [1.165, 1.54) is 0 Å². The maximum Gasteiger partial charge on any atom is 0.307 e. The van der Waals surface area contributed by atoms with Crippen molar-refractivity contribution in [2.45, 2.75) is 20.3 Å². The van der Waals surface area contributed by atoms with E-state index in [0.717, 1.165) is 31.0 Å². The normalized spacial score (nSPS) is 22.3. The minimum atomic E-state index is -0.691. The summed E-state index contributed by atoms with van der Waals surface area (Å²) in [5.74, 6) is 1.12. The topological polar surface area (TPSA) is 59.0 Å². The molecule has 0 amide bonds. The van der Waals surface area contributed by atoms with Gasteiger partial charge in [0.25, 0.3) is 0 Å². The van der Waals surface area contributed by atoms with Crippen molar-refractivity contribution < 1.29 is 19.4 Å². The molecule has 1 fully saturated rings. The number of benzene rings is 1. The second kappa shape index (κ2) is 8.03. The number of ether oxygens (including phenoxy) is 2. The third kappa shape index (κ3) is 4.91. The van der Waals surface area contributed by atoms with E-state index in [4.69, 9.17) is 9.47 Å². The van der Waals surface area contributed by atoms with Crippen molar-refractivity contribution in [1.82, 2.24) is 4.90 Å². The summed E-state index contributed by atoms with van der Waals surface area (Å²) in [4.78, 5) is 13.3. The average molecular weight is 307 g/mol. The van der Waals surface area contributed by atoms with Gasteiger partial charge in [0.15, 0.2) is 0 Å². The highest BCUT2D eigenvalue weighted by atomic mass is 16.5. The van der Waals surface area contributed by atoms with Crippen LogP contribution in [0.2, 0.25) is 0 Å². The summed E-state index contributed by atoms with van der Waals surface area (Å²) in [5, 5.41) is 9.18. The largest absolute Gasteiger partial charge is 0.494 e. The number of hydrogen-bond acceptors (Lipinski definition) is 4. The number of hydrogen-bond donors (Lipinski definition) is 1. The molecule has 122 valence electrons. The van der Waals surface area contributed by atoms with Gasteiger partial charge in [-0.25, -0.2) is 0 Å². The zero-order valence-electron chi connectivity index (χ0n) is 13.3. The molecule has 1 N–H and O–H groups in total. The molecule has 0 aromatic heterocycles. The number of piperidine rings is 1. The molecule has 0 spiro atoms. The van der Waals surface area contributed by atoms with Gasteiger partial charge >= 0.3 is 5.97 Å². The van der Waals surface area contributed by atoms with Crippen LogP contribution in [0, 0.1) is 11.8 Å². The monoisotopic (exact) mass is 307 g/mol. The maximum atomic E-state index is 11.2. The minimum absolute atomic E-state index is 0.255. The molecule has 5 nitrogen and oxygen atoms in total. The highest BCUT2D eigenvalue weighted by Crippen LogP contribution is 2.22. The SMILES string of the molecule is CCOc1ccc(OCCN2CC(C)CC(C(=O)O)C2)cc1. The van der Waals surface area contributed by atoms with Gasteiger partial charge in [-0.2, -0.15) is 0 Å². The Kier molecular flexibility index (Phi) is 6.07. The number of carboxylic acids is 1. The molecule has 1 heterocycles. The number of rotatable bonds is 7. The van der Waals surface area contributed by atoms with Crippen LogP contribution in [0.1, 0.15) is 20.3 Å². The van der Waals surface area contributed by atoms with Gasteiger partial charge in [-0.1, -0.05) is 6.92 Å². The molecular formula is C17H25NO4. The van der Waals surface area contributed by atoms with E-state index in [1.54, 1.807) is 0 Å². The molecule has 22 heavy (non-hydrogen) atoms. The Hall–Kier alpha value is -1.75. The summed E-state index contributed by atoms with van der Waals surface area (Å²) in [7, 11) is 0. The van der Waals surface area contributed by atoms with Gasteiger partial charge in [0, 0.05) is 19.6 Å². The molecule has 1 saturated heterocycles. The molecule has 5 heteroatoms. The van der Waals surface area contributed by atoms with E-state index in [9.17, 15) is 9.90 Å². The Morgan fingerprint density at radius 1 is 1.23 bits per heavy atom. The molecular weight excluding hydrogens is 282 g/mol. The number of carbonyl (C=O) groups is 1. The molecule has 1 aliphatic rings. The fraction of sp³-hybridized carbons (Fsp3) is 0.588. The van der Waals surface area contributed by atoms with Gasteiger partial charge < -0.3 is 14.6 Å². The lowest BCUT2D eigenvalue weighted by Crippen LogP contribution is -2.44. The number of aliphatic carboxylic acids is 1. The van der Waals surface area contributed by atoms with E-state index < -0.39 is 5.97 Å². The van der Waals surface area contributed by atoms with Gasteiger partial charge in [-0.05, 0) is 43.5 Å². The quantitative estimate of drug-likeness (QED) is 0.839. The van der Waals surface area contributed by atoms with E-state index in [1.807, 2.05) is 31.2 Å². The molecule has 2 unspecified atom stereocenters. The number of nitrogens with zero attached hydrogens (tertiary/aromatic N) is 1. The van der Waals surface area contributed by atoms with Crippen LogP contribution in [0.25, 0.3) is 0 Å². The van der Waals surface area contributed by atoms with Crippen LogP contribution in [0.15, 0.2) is 24.3 Å². The highest BCUT2D eigenvalue weighted by molar-refractivity contribution is 5.70. The van der Waals surface area contributed by atoms with Crippen LogP contribution >= 0.6 is 0 Å². The number of carboxylic acid groups (broad SMARTS) is 1. The molecule has 0 saturated carbocycles. The lowest BCUT2D eigenvalue weighted by Gasteiger charge is -2.34. The van der Waals surface area contributed by atoms with Gasteiger partial charge in [-0.15, -0.1) is 0 Å². The second-order valence-electron chi connectivity index (χ2n) is 5.89. The van der Waals surface area contributed by atoms with Crippen molar-refractivity contribution in [3.8, 4) is 11.5 Å². The summed E-state index contributed by atoms with van der Waals surface area (Å²) in [5.41, 5.74) is 0. The predicted octanol–water partition coefficient (Wildman–Crippen LogP) is 2.51. The van der Waals surface area contributed by atoms with E-state index in [0.29, 0.717) is 25.7 Å². The fourth-order valence-electron chi connectivity index (χ4n) is 2.91. The summed E-state index contributed by atoms with van der Waals surface area (Å²) in [6.45, 7) is 7.58. The molecule has 0 radical (unpaired) electrons. The Morgan fingerprint density at radius 3 is 2.45 bits per heavy atom. The lowest BCUT2D eigenvalue weighted by atomic mass is 9.90. The standard InChI is InChI=1S/C17H25NO4/c1-3-21-15-4-6-16(7-5-15)22-9-8-18-11-13(2)10-14(12-18)17(19)20/h4-7,13-14H,3,8-12H2,1-2H3,(H,19,20). The van der Waals surface area contributed by atoms with Crippen molar-refractivity contribution in [2.24, 2.45) is 11.8 Å². The molecule has 0 aliphatic carbocycles. The third-order valence-electron chi connectivity index (χ3n) is 3.90. The van der Waals surface area contributed by atoms with Crippen molar-refractivity contribution in [3.63, 3.8) is 0 Å². The first kappa shape index (κ1) is 16.6. The fourth-order valence-corrected chi connectivity index (χ4v) is 2.91. The van der Waals surface area contributed by atoms with Crippen molar-refractivity contribution >= 4 is 5.97 Å². The molecule has 2 rings (SSSR count). The Morgan fingerprint density at radius 2 is 1.86 bits per heavy atom. The zero-order valence-corrected chi connectivity index (χ0v) is 13.3. The van der Waals surface area contributed by atoms with Gasteiger partial charge in [0.1, 0.15) is 18.1 Å². The van der Waals surface area contributed by atoms with Crippen LogP contribution in [-0.2, 0) is 4.79 Å². The van der Waals surface area contributed by atoms with Crippen molar-refractivity contribution in [2.75, 3.05) is 32.8 Å². The minimum Gasteiger partial charge on any atom is -0.494 e. The molecule has 1 aromatic carbocycles.